The van der Waals surface area contributed by atoms with Crippen LogP contribution in [0.1, 0.15) is 60.0 Å². The average molecular weight is 456 g/mol. The van der Waals surface area contributed by atoms with Crippen LogP contribution in [-0.4, -0.2) is 44.8 Å². The van der Waals surface area contributed by atoms with Crippen molar-refractivity contribution >= 4 is 27.3 Å². The average Bonchev–Trinajstić information content (AvgIpc) is 2.82. The third kappa shape index (κ3) is 4.84. The Balaban J connectivity index is 1.71. The maximum absolute atomic E-state index is 13.7. The number of anilines is 2. The van der Waals surface area contributed by atoms with Gasteiger partial charge in [-0.3, -0.25) is 4.79 Å². The van der Waals surface area contributed by atoms with Crippen molar-refractivity contribution < 1.29 is 13.2 Å². The van der Waals surface area contributed by atoms with Gasteiger partial charge in [-0.2, -0.15) is 4.31 Å². The van der Waals surface area contributed by atoms with Crippen LogP contribution in [-0.2, 0) is 10.0 Å². The molecule has 0 saturated carbocycles. The number of hydrogen-bond acceptors (Lipinski definition) is 4. The summed E-state index contributed by atoms with van der Waals surface area (Å²) in [6, 6.07) is 11.0. The number of sulfonamides is 1. The van der Waals surface area contributed by atoms with Gasteiger partial charge in [0.15, 0.2) is 0 Å². The monoisotopic (exact) mass is 455 g/mol. The lowest BCUT2D eigenvalue weighted by Gasteiger charge is -2.33. The molecule has 2 heterocycles. The predicted octanol–water partition coefficient (Wildman–Crippen LogP) is 4.72. The van der Waals surface area contributed by atoms with Crippen molar-refractivity contribution in [1.82, 2.24) is 4.31 Å². The number of nitrogens with zero attached hydrogens (tertiary/aromatic N) is 2. The second-order valence-corrected chi connectivity index (χ2v) is 10.9. The van der Waals surface area contributed by atoms with E-state index in [1.54, 1.807) is 16.4 Å². The smallest absolute Gasteiger partial charge is 0.255 e. The van der Waals surface area contributed by atoms with Crippen LogP contribution in [0.4, 0.5) is 11.4 Å². The Morgan fingerprint density at radius 3 is 2.19 bits per heavy atom. The summed E-state index contributed by atoms with van der Waals surface area (Å²) in [5, 5.41) is 2.96. The van der Waals surface area contributed by atoms with Crippen molar-refractivity contribution in [2.75, 3.05) is 36.4 Å². The minimum atomic E-state index is -3.67. The normalized spacial score (nSPS) is 17.9. The van der Waals surface area contributed by atoms with Crippen LogP contribution in [0, 0.1) is 13.8 Å². The van der Waals surface area contributed by atoms with Gasteiger partial charge in [0.2, 0.25) is 10.0 Å². The number of benzene rings is 2. The minimum absolute atomic E-state index is 0.259. The summed E-state index contributed by atoms with van der Waals surface area (Å²) in [6.07, 6.45) is 6.09. The summed E-state index contributed by atoms with van der Waals surface area (Å²) >= 11 is 0. The molecule has 2 fully saturated rings. The van der Waals surface area contributed by atoms with Gasteiger partial charge >= 0.3 is 0 Å². The van der Waals surface area contributed by atoms with Crippen LogP contribution in [0.5, 0.6) is 0 Å². The van der Waals surface area contributed by atoms with Crippen molar-refractivity contribution in [1.29, 1.82) is 0 Å². The van der Waals surface area contributed by atoms with Gasteiger partial charge in [0.1, 0.15) is 4.90 Å². The molecule has 0 radical (unpaired) electrons. The number of aryl methyl sites for hydroxylation is 2. The highest BCUT2D eigenvalue weighted by Gasteiger charge is 2.31. The first-order valence-corrected chi connectivity index (χ1v) is 13.1. The third-order valence-corrected chi connectivity index (χ3v) is 8.42. The summed E-state index contributed by atoms with van der Waals surface area (Å²) < 4.78 is 28.9. The van der Waals surface area contributed by atoms with Crippen LogP contribution in [0.3, 0.4) is 0 Å². The lowest BCUT2D eigenvalue weighted by Crippen LogP contribution is -2.37. The fraction of sp³-hybridized carbons (Fsp3) is 0.480. The number of amides is 1. The van der Waals surface area contributed by atoms with E-state index < -0.39 is 10.0 Å². The van der Waals surface area contributed by atoms with E-state index in [2.05, 4.69) is 10.2 Å². The summed E-state index contributed by atoms with van der Waals surface area (Å²) in [7, 11) is -3.67. The molecule has 172 valence electrons. The molecule has 0 spiro atoms. The van der Waals surface area contributed by atoms with E-state index in [4.69, 9.17) is 0 Å². The molecule has 2 saturated heterocycles. The molecule has 2 aliphatic rings. The van der Waals surface area contributed by atoms with Crippen LogP contribution >= 0.6 is 0 Å². The lowest BCUT2D eigenvalue weighted by molar-refractivity contribution is 0.102. The number of nitrogens with one attached hydrogen (secondary N) is 1. The van der Waals surface area contributed by atoms with E-state index in [1.807, 2.05) is 38.1 Å². The molecule has 1 N–H and O–H groups in total. The van der Waals surface area contributed by atoms with E-state index in [0.717, 1.165) is 67.7 Å². The first-order valence-electron chi connectivity index (χ1n) is 11.6. The van der Waals surface area contributed by atoms with Gasteiger partial charge in [-0.1, -0.05) is 18.6 Å². The van der Waals surface area contributed by atoms with Crippen LogP contribution in [0.15, 0.2) is 41.3 Å². The fourth-order valence-corrected chi connectivity index (χ4v) is 6.32. The molecule has 32 heavy (non-hydrogen) atoms. The molecule has 7 heteroatoms. The molecule has 2 aromatic carbocycles. The van der Waals surface area contributed by atoms with Gasteiger partial charge < -0.3 is 10.2 Å². The van der Waals surface area contributed by atoms with Gasteiger partial charge in [0, 0.05) is 37.4 Å². The molecule has 0 atom stereocenters. The molecule has 1 amide bonds. The summed E-state index contributed by atoms with van der Waals surface area (Å²) in [6.45, 7) is 6.70. The number of hydrogen-bond donors (Lipinski definition) is 1. The number of carbonyl (C=O) groups is 1. The Kier molecular flexibility index (Phi) is 6.86. The number of rotatable bonds is 5. The third-order valence-electron chi connectivity index (χ3n) is 6.49. The van der Waals surface area contributed by atoms with E-state index in [-0.39, 0.29) is 10.8 Å². The Labute approximate surface area is 191 Å². The molecule has 0 bridgehead atoms. The lowest BCUT2D eigenvalue weighted by atomic mass is 10.1. The Morgan fingerprint density at radius 1 is 0.844 bits per heavy atom. The first-order chi connectivity index (χ1) is 15.4. The molecule has 2 aliphatic heterocycles. The molecule has 0 aromatic heterocycles. The van der Waals surface area contributed by atoms with Crippen LogP contribution in [0.2, 0.25) is 0 Å². The van der Waals surface area contributed by atoms with Crippen molar-refractivity contribution in [2.24, 2.45) is 0 Å². The van der Waals surface area contributed by atoms with Crippen molar-refractivity contribution in [3.05, 3.63) is 53.1 Å². The highest BCUT2D eigenvalue weighted by molar-refractivity contribution is 7.89. The largest absolute Gasteiger partial charge is 0.370 e. The van der Waals surface area contributed by atoms with Gasteiger partial charge in [0.05, 0.1) is 5.69 Å². The second-order valence-electron chi connectivity index (χ2n) is 8.97. The predicted molar refractivity (Wildman–Crippen MR) is 129 cm³/mol. The van der Waals surface area contributed by atoms with Gasteiger partial charge in [0.25, 0.3) is 5.91 Å². The van der Waals surface area contributed by atoms with Crippen LogP contribution < -0.4 is 10.2 Å². The molecule has 2 aromatic rings. The Hall–Kier alpha value is -2.38. The summed E-state index contributed by atoms with van der Waals surface area (Å²) in [5.41, 5.74) is 3.85. The van der Waals surface area contributed by atoms with Gasteiger partial charge in [-0.15, -0.1) is 0 Å². The maximum Gasteiger partial charge on any atom is 0.255 e. The molecule has 0 aliphatic carbocycles. The Morgan fingerprint density at radius 2 is 1.50 bits per heavy atom. The second kappa shape index (κ2) is 9.63. The molecule has 4 rings (SSSR count). The SMILES string of the molecule is Cc1ccc(C)c(NC(=O)c2ccc(N3CCCCC3)c(S(=O)(=O)N3CCCCC3)c2)c1. The first kappa shape index (κ1) is 22.8. The molecular weight excluding hydrogens is 422 g/mol. The van der Waals surface area contributed by atoms with Crippen molar-refractivity contribution in [3.8, 4) is 0 Å². The Bertz CT molecular complexity index is 1090. The van der Waals surface area contributed by atoms with Crippen LogP contribution in [0.25, 0.3) is 0 Å². The summed E-state index contributed by atoms with van der Waals surface area (Å²) in [4.78, 5) is 15.5. The fourth-order valence-electron chi connectivity index (χ4n) is 4.57. The topological polar surface area (TPSA) is 69.7 Å². The standard InChI is InChI=1S/C25H33N3O3S/c1-19-9-10-20(2)22(17-19)26-25(29)21-11-12-23(27-13-5-3-6-14-27)24(18-21)32(30,31)28-15-7-4-8-16-28/h9-12,17-18H,3-8,13-16H2,1-2H3,(H,26,29). The van der Waals surface area contributed by atoms with E-state index in [0.29, 0.717) is 18.7 Å². The molecule has 0 unspecified atom stereocenters. The highest BCUT2D eigenvalue weighted by Crippen LogP contribution is 2.32. The van der Waals surface area contributed by atoms with Gasteiger partial charge in [-0.25, -0.2) is 8.42 Å². The van der Waals surface area contributed by atoms with E-state index >= 15 is 0 Å². The zero-order valence-electron chi connectivity index (χ0n) is 19.1. The molecule has 6 nitrogen and oxygen atoms in total. The summed E-state index contributed by atoms with van der Waals surface area (Å²) in [5.74, 6) is -0.293. The van der Waals surface area contributed by atoms with E-state index in [1.165, 1.54) is 6.42 Å². The van der Waals surface area contributed by atoms with E-state index in [9.17, 15) is 13.2 Å². The quantitative estimate of drug-likeness (QED) is 0.708. The highest BCUT2D eigenvalue weighted by atomic mass is 32.2. The minimum Gasteiger partial charge on any atom is -0.370 e. The maximum atomic E-state index is 13.7. The van der Waals surface area contributed by atoms with Crippen molar-refractivity contribution in [2.45, 2.75) is 57.3 Å². The zero-order valence-corrected chi connectivity index (χ0v) is 19.9. The number of carbonyl (C=O) groups excluding carboxylic acids is 1. The zero-order chi connectivity index (χ0) is 22.7. The van der Waals surface area contributed by atoms with Crippen molar-refractivity contribution in [3.63, 3.8) is 0 Å². The number of piperidine rings is 2. The molecular formula is C25H33N3O3S. The van der Waals surface area contributed by atoms with Gasteiger partial charge in [-0.05, 0) is 81.3 Å².